The average molecular weight is 366 g/mol. The monoisotopic (exact) mass is 366 g/mol. The van der Waals surface area contributed by atoms with Crippen molar-refractivity contribution in [2.45, 2.75) is 45.6 Å². The molecule has 1 saturated heterocycles. The number of aryl methyl sites for hydroxylation is 1. The first kappa shape index (κ1) is 17.7. The fraction of sp³-hybridized carbons (Fsp3) is 0.364. The highest BCUT2D eigenvalue weighted by Crippen LogP contribution is 2.35. The van der Waals surface area contributed by atoms with Crippen LogP contribution in [0.2, 0.25) is 0 Å². The van der Waals surface area contributed by atoms with Crippen molar-refractivity contribution in [2.75, 3.05) is 6.54 Å². The van der Waals surface area contributed by atoms with Gasteiger partial charge in [-0.1, -0.05) is 19.1 Å². The minimum atomic E-state index is -0.207. The second-order valence-electron chi connectivity index (χ2n) is 7.19. The number of benzene rings is 2. The summed E-state index contributed by atoms with van der Waals surface area (Å²) in [5.74, 6) is 0.575. The van der Waals surface area contributed by atoms with Gasteiger partial charge in [-0.3, -0.25) is 4.79 Å². The topological polar surface area (TPSA) is 46.3 Å². The zero-order valence-corrected chi connectivity index (χ0v) is 15.7. The molecule has 1 aliphatic heterocycles. The van der Waals surface area contributed by atoms with Crippen LogP contribution in [-0.2, 0) is 4.79 Å². The molecule has 5 heteroatoms. The van der Waals surface area contributed by atoms with Crippen LogP contribution in [-0.4, -0.2) is 22.3 Å². The van der Waals surface area contributed by atoms with E-state index in [4.69, 9.17) is 4.42 Å². The lowest BCUT2D eigenvalue weighted by Gasteiger charge is -2.21. The summed E-state index contributed by atoms with van der Waals surface area (Å²) in [5, 5.41) is 0. The number of likely N-dealkylation sites (tertiary alicyclic amines) is 1. The van der Waals surface area contributed by atoms with E-state index in [1.54, 1.807) is 13.0 Å². The maximum Gasteiger partial charge on any atom is 0.223 e. The molecule has 0 radical (unpaired) electrons. The van der Waals surface area contributed by atoms with Gasteiger partial charge in [0.2, 0.25) is 11.8 Å². The number of amides is 1. The van der Waals surface area contributed by atoms with Crippen LogP contribution in [0.1, 0.15) is 50.1 Å². The first-order valence-corrected chi connectivity index (χ1v) is 9.53. The number of hydrogen-bond acceptors (Lipinski definition) is 3. The van der Waals surface area contributed by atoms with E-state index in [2.05, 4.69) is 4.98 Å². The molecule has 0 aliphatic carbocycles. The lowest BCUT2D eigenvalue weighted by Crippen LogP contribution is -2.30. The molecule has 0 bridgehead atoms. The summed E-state index contributed by atoms with van der Waals surface area (Å²) in [5.41, 5.74) is 4.00. The molecule has 0 saturated carbocycles. The minimum Gasteiger partial charge on any atom is -0.438 e. The summed E-state index contributed by atoms with van der Waals surface area (Å²) in [6.07, 6.45) is 3.26. The van der Waals surface area contributed by atoms with Crippen LogP contribution in [0.4, 0.5) is 4.39 Å². The molecule has 1 aromatic heterocycles. The van der Waals surface area contributed by atoms with Crippen LogP contribution < -0.4 is 0 Å². The molecule has 1 aliphatic rings. The van der Waals surface area contributed by atoms with Crippen molar-refractivity contribution in [2.24, 2.45) is 0 Å². The Morgan fingerprint density at radius 2 is 2.04 bits per heavy atom. The molecule has 4 rings (SSSR count). The standard InChI is InChI=1S/C22H23FN2O2/c1-3-5-21(26)25-11-4-6-19(25)22-24-18-13-16(8-10-20(18)27-22)15-7-9-17(23)14(2)12-15/h7-10,12-13,19H,3-6,11H2,1-2H3/t19-/m0/s1. The lowest BCUT2D eigenvalue weighted by atomic mass is 10.0. The maximum atomic E-state index is 13.5. The number of rotatable bonds is 4. The van der Waals surface area contributed by atoms with Crippen LogP contribution in [0.25, 0.3) is 22.2 Å². The highest BCUT2D eigenvalue weighted by molar-refractivity contribution is 5.81. The Bertz CT molecular complexity index is 995. The average Bonchev–Trinajstić information content (AvgIpc) is 3.29. The molecule has 3 aromatic rings. The van der Waals surface area contributed by atoms with Crippen LogP contribution >= 0.6 is 0 Å². The van der Waals surface area contributed by atoms with E-state index in [1.807, 2.05) is 36.1 Å². The number of hydrogen-bond donors (Lipinski definition) is 0. The van der Waals surface area contributed by atoms with Gasteiger partial charge in [0.1, 0.15) is 17.4 Å². The van der Waals surface area contributed by atoms with Gasteiger partial charge in [0.05, 0.1) is 0 Å². The molecule has 0 unspecified atom stereocenters. The second-order valence-corrected chi connectivity index (χ2v) is 7.19. The maximum absolute atomic E-state index is 13.5. The van der Waals surface area contributed by atoms with Crippen molar-refractivity contribution in [1.29, 1.82) is 0 Å². The molecule has 0 spiro atoms. The van der Waals surface area contributed by atoms with Crippen LogP contribution in [0.3, 0.4) is 0 Å². The summed E-state index contributed by atoms with van der Waals surface area (Å²) in [6, 6.07) is 10.8. The van der Waals surface area contributed by atoms with E-state index in [9.17, 15) is 9.18 Å². The van der Waals surface area contributed by atoms with Crippen LogP contribution in [0.15, 0.2) is 40.8 Å². The van der Waals surface area contributed by atoms with E-state index in [-0.39, 0.29) is 17.8 Å². The van der Waals surface area contributed by atoms with Gasteiger partial charge >= 0.3 is 0 Å². The smallest absolute Gasteiger partial charge is 0.223 e. The number of carbonyl (C=O) groups is 1. The van der Waals surface area contributed by atoms with Gasteiger partial charge in [-0.25, -0.2) is 9.37 Å². The summed E-state index contributed by atoms with van der Waals surface area (Å²) in [4.78, 5) is 18.9. The number of fused-ring (bicyclic) bond motifs is 1. The molecule has 1 amide bonds. The highest BCUT2D eigenvalue weighted by Gasteiger charge is 2.33. The van der Waals surface area contributed by atoms with Gasteiger partial charge in [0.15, 0.2) is 5.58 Å². The third-order valence-corrected chi connectivity index (χ3v) is 5.22. The molecular formula is C22H23FN2O2. The van der Waals surface area contributed by atoms with E-state index in [0.717, 1.165) is 42.5 Å². The zero-order valence-electron chi connectivity index (χ0n) is 15.7. The first-order valence-electron chi connectivity index (χ1n) is 9.53. The Hall–Kier alpha value is -2.69. The van der Waals surface area contributed by atoms with Gasteiger partial charge in [0, 0.05) is 13.0 Å². The fourth-order valence-corrected chi connectivity index (χ4v) is 3.77. The van der Waals surface area contributed by atoms with Crippen molar-refractivity contribution in [1.82, 2.24) is 9.88 Å². The number of nitrogens with zero attached hydrogens (tertiary/aromatic N) is 2. The van der Waals surface area contributed by atoms with Crippen molar-refractivity contribution in [3.05, 3.63) is 53.7 Å². The SMILES string of the molecule is CCCC(=O)N1CCC[C@H]1c1nc2cc(-c3ccc(F)c(C)c3)ccc2o1. The predicted molar refractivity (Wildman–Crippen MR) is 103 cm³/mol. The normalized spacial score (nSPS) is 17.0. The minimum absolute atomic E-state index is 0.0760. The zero-order chi connectivity index (χ0) is 19.0. The molecule has 4 nitrogen and oxygen atoms in total. The quantitative estimate of drug-likeness (QED) is 0.620. The number of aromatic nitrogens is 1. The van der Waals surface area contributed by atoms with Gasteiger partial charge < -0.3 is 9.32 Å². The molecule has 1 fully saturated rings. The van der Waals surface area contributed by atoms with Crippen LogP contribution in [0, 0.1) is 12.7 Å². The summed E-state index contributed by atoms with van der Waals surface area (Å²) >= 11 is 0. The molecular weight excluding hydrogens is 343 g/mol. The summed E-state index contributed by atoms with van der Waals surface area (Å²) in [6.45, 7) is 4.54. The molecule has 27 heavy (non-hydrogen) atoms. The lowest BCUT2D eigenvalue weighted by molar-refractivity contribution is -0.132. The van der Waals surface area contributed by atoms with Gasteiger partial charge in [-0.2, -0.15) is 0 Å². The number of carbonyl (C=O) groups excluding carboxylic acids is 1. The van der Waals surface area contributed by atoms with Crippen LogP contribution in [0.5, 0.6) is 0 Å². The molecule has 2 heterocycles. The number of halogens is 1. The Labute approximate surface area is 158 Å². The van der Waals surface area contributed by atoms with Crippen molar-refractivity contribution >= 4 is 17.0 Å². The molecule has 0 N–H and O–H groups in total. The van der Waals surface area contributed by atoms with E-state index in [0.29, 0.717) is 23.5 Å². The van der Waals surface area contributed by atoms with Crippen molar-refractivity contribution in [3.63, 3.8) is 0 Å². The summed E-state index contributed by atoms with van der Waals surface area (Å²) in [7, 11) is 0. The van der Waals surface area contributed by atoms with Gasteiger partial charge in [-0.15, -0.1) is 0 Å². The fourth-order valence-electron chi connectivity index (χ4n) is 3.77. The van der Waals surface area contributed by atoms with E-state index < -0.39 is 0 Å². The molecule has 1 atom stereocenters. The van der Waals surface area contributed by atoms with Crippen molar-refractivity contribution < 1.29 is 13.6 Å². The van der Waals surface area contributed by atoms with E-state index >= 15 is 0 Å². The number of oxazole rings is 1. The molecule has 140 valence electrons. The van der Waals surface area contributed by atoms with Gasteiger partial charge in [0.25, 0.3) is 0 Å². The third-order valence-electron chi connectivity index (χ3n) is 5.22. The second kappa shape index (κ2) is 7.14. The summed E-state index contributed by atoms with van der Waals surface area (Å²) < 4.78 is 19.5. The first-order chi connectivity index (χ1) is 13.1. The Morgan fingerprint density at radius 3 is 2.81 bits per heavy atom. The Morgan fingerprint density at radius 1 is 1.26 bits per heavy atom. The molecule has 2 aromatic carbocycles. The Kier molecular flexibility index (Phi) is 4.68. The van der Waals surface area contributed by atoms with Crippen molar-refractivity contribution in [3.8, 4) is 11.1 Å². The predicted octanol–water partition coefficient (Wildman–Crippen LogP) is 5.41. The Balaban J connectivity index is 1.66. The van der Waals surface area contributed by atoms with E-state index in [1.165, 1.54) is 6.07 Å². The largest absolute Gasteiger partial charge is 0.438 e. The van der Waals surface area contributed by atoms with Gasteiger partial charge in [-0.05, 0) is 67.1 Å². The highest BCUT2D eigenvalue weighted by atomic mass is 19.1. The third kappa shape index (κ3) is 3.34.